The Kier molecular flexibility index (Phi) is 10.1. The third-order valence-corrected chi connectivity index (χ3v) is 6.14. The van der Waals surface area contributed by atoms with E-state index >= 15 is 0 Å². The number of carbonyl (C=O) groups is 2. The second kappa shape index (κ2) is 13.0. The van der Waals surface area contributed by atoms with E-state index in [4.69, 9.17) is 62.7 Å². The average Bonchev–Trinajstić information content (AvgIpc) is 2.81. The molecule has 2 amide bonds. The van der Waals surface area contributed by atoms with Gasteiger partial charge in [0.05, 0.1) is 16.3 Å². The van der Waals surface area contributed by atoms with Gasteiger partial charge in [-0.2, -0.15) is 5.10 Å². The topological polar surface area (TPSA) is 79.8 Å². The monoisotopic (exact) mass is 571 g/mol. The van der Waals surface area contributed by atoms with Crippen LogP contribution in [-0.2, 0) is 11.4 Å². The van der Waals surface area contributed by atoms with Crippen molar-refractivity contribution in [2.24, 2.45) is 5.10 Å². The highest BCUT2D eigenvalue weighted by Crippen LogP contribution is 2.26. The fourth-order valence-electron chi connectivity index (χ4n) is 2.80. The van der Waals surface area contributed by atoms with Gasteiger partial charge < -0.3 is 10.1 Å². The first kappa shape index (κ1) is 27.1. The molecule has 3 aromatic carbocycles. The highest BCUT2D eigenvalue weighted by molar-refractivity contribution is 6.42. The number of carbonyl (C=O) groups excluding carboxylic acids is 2. The third-order valence-electron chi connectivity index (χ3n) is 4.58. The number of benzene rings is 3. The second-order valence-electron chi connectivity index (χ2n) is 7.13. The Balaban J connectivity index is 1.51. The van der Waals surface area contributed by atoms with Crippen LogP contribution in [0.2, 0.25) is 25.1 Å². The number of nitrogens with one attached hydrogen (secondary N) is 2. The molecule has 0 atom stereocenters. The lowest BCUT2D eigenvalue weighted by atomic mass is 10.2. The highest BCUT2D eigenvalue weighted by Gasteiger charge is 2.09. The number of hydrogen-bond acceptors (Lipinski definition) is 4. The summed E-state index contributed by atoms with van der Waals surface area (Å²) in [6.45, 7) is 0.303. The largest absolute Gasteiger partial charge is 0.488 e. The summed E-state index contributed by atoms with van der Waals surface area (Å²) in [5.74, 6) is -0.276. The van der Waals surface area contributed by atoms with Crippen molar-refractivity contribution in [2.45, 2.75) is 13.0 Å². The summed E-state index contributed by atoms with van der Waals surface area (Å²) in [5.41, 5.74) is 4.05. The Bertz CT molecular complexity index is 1270. The summed E-state index contributed by atoms with van der Waals surface area (Å²) in [4.78, 5) is 24.2. The fraction of sp³-hybridized carbons (Fsp3) is 0.125. The van der Waals surface area contributed by atoms with E-state index in [2.05, 4.69) is 15.8 Å². The van der Waals surface area contributed by atoms with Crippen molar-refractivity contribution in [3.05, 3.63) is 96.4 Å². The molecule has 182 valence electrons. The van der Waals surface area contributed by atoms with Crippen LogP contribution in [0.25, 0.3) is 0 Å². The van der Waals surface area contributed by atoms with Crippen LogP contribution in [0.4, 0.5) is 0 Å². The van der Waals surface area contributed by atoms with Gasteiger partial charge in [0, 0.05) is 44.7 Å². The Labute approximate surface area is 227 Å². The number of hydrazone groups is 1. The van der Waals surface area contributed by atoms with Gasteiger partial charge in [0.25, 0.3) is 5.91 Å². The van der Waals surface area contributed by atoms with Crippen molar-refractivity contribution in [3.63, 3.8) is 0 Å². The molecule has 0 spiro atoms. The molecule has 0 bridgehead atoms. The first-order valence-electron chi connectivity index (χ1n) is 10.1. The van der Waals surface area contributed by atoms with Crippen LogP contribution in [0.5, 0.6) is 5.75 Å². The van der Waals surface area contributed by atoms with Crippen LogP contribution in [-0.4, -0.2) is 24.6 Å². The Morgan fingerprint density at radius 1 is 0.857 bits per heavy atom. The molecule has 0 heterocycles. The van der Waals surface area contributed by atoms with Crippen LogP contribution < -0.4 is 15.5 Å². The minimum absolute atomic E-state index is 0.0123. The van der Waals surface area contributed by atoms with E-state index < -0.39 is 5.91 Å². The van der Waals surface area contributed by atoms with Gasteiger partial charge in [-0.25, -0.2) is 5.43 Å². The molecule has 6 nitrogen and oxygen atoms in total. The van der Waals surface area contributed by atoms with Gasteiger partial charge in [0.15, 0.2) is 0 Å². The van der Waals surface area contributed by atoms with E-state index in [9.17, 15) is 9.59 Å². The van der Waals surface area contributed by atoms with Gasteiger partial charge in [0.1, 0.15) is 12.4 Å². The van der Waals surface area contributed by atoms with E-state index in [1.54, 1.807) is 42.5 Å². The molecule has 0 aromatic heterocycles. The number of halogens is 5. The van der Waals surface area contributed by atoms with Crippen molar-refractivity contribution in [3.8, 4) is 5.75 Å². The highest BCUT2D eigenvalue weighted by atomic mass is 35.5. The van der Waals surface area contributed by atoms with Crippen molar-refractivity contribution < 1.29 is 14.3 Å². The summed E-state index contributed by atoms with van der Waals surface area (Å²) in [7, 11) is 0. The first-order chi connectivity index (χ1) is 16.7. The van der Waals surface area contributed by atoms with Gasteiger partial charge in [-0.05, 0) is 48.5 Å². The van der Waals surface area contributed by atoms with Crippen LogP contribution in [0, 0.1) is 0 Å². The molecule has 0 aliphatic rings. The predicted molar refractivity (Wildman–Crippen MR) is 141 cm³/mol. The van der Waals surface area contributed by atoms with Gasteiger partial charge in [0.2, 0.25) is 5.91 Å². The van der Waals surface area contributed by atoms with E-state index in [-0.39, 0.29) is 30.5 Å². The maximum absolute atomic E-state index is 12.1. The van der Waals surface area contributed by atoms with Crippen molar-refractivity contribution >= 4 is 76.0 Å². The zero-order valence-corrected chi connectivity index (χ0v) is 21.7. The minimum Gasteiger partial charge on any atom is -0.488 e. The number of amides is 2. The second-order valence-corrected chi connectivity index (χ2v) is 9.23. The molecule has 3 rings (SSSR count). The molecule has 0 saturated heterocycles. The molecule has 35 heavy (non-hydrogen) atoms. The summed E-state index contributed by atoms with van der Waals surface area (Å²) in [6, 6.07) is 14.7. The summed E-state index contributed by atoms with van der Waals surface area (Å²) in [5, 5.41) is 8.69. The SMILES string of the molecule is O=C(CCNC(=O)c1ccc(Cl)c(Cl)c1)NN=Cc1cc(Cl)ccc1OCc1ccc(Cl)cc1Cl. The average molecular weight is 574 g/mol. The summed E-state index contributed by atoms with van der Waals surface area (Å²) >= 11 is 30.0. The van der Waals surface area contributed by atoms with E-state index in [1.165, 1.54) is 18.3 Å². The molecule has 2 N–H and O–H groups in total. The summed E-state index contributed by atoms with van der Waals surface area (Å²) in [6.07, 6.45) is 1.43. The normalized spacial score (nSPS) is 10.9. The molecular weight excluding hydrogens is 556 g/mol. The Morgan fingerprint density at radius 2 is 1.60 bits per heavy atom. The lowest BCUT2D eigenvalue weighted by molar-refractivity contribution is -0.120. The molecule has 0 radical (unpaired) electrons. The van der Waals surface area contributed by atoms with Gasteiger partial charge >= 0.3 is 0 Å². The van der Waals surface area contributed by atoms with Crippen molar-refractivity contribution in [1.29, 1.82) is 0 Å². The fourth-order valence-corrected chi connectivity index (χ4v) is 3.75. The standard InChI is InChI=1S/C24H18Cl5N3O3/c25-17-4-6-22(35-13-15-1-3-18(26)11-20(15)28)16(9-17)12-31-32-23(33)7-8-30-24(34)14-2-5-19(27)21(29)10-14/h1-6,9-12H,7-8,13H2,(H,30,34)(H,32,33). The first-order valence-corrected chi connectivity index (χ1v) is 12.0. The minimum atomic E-state index is -0.395. The number of rotatable bonds is 9. The Hall–Kier alpha value is -2.48. The quantitative estimate of drug-likeness (QED) is 0.218. The van der Waals surface area contributed by atoms with E-state index in [1.807, 2.05) is 0 Å². The van der Waals surface area contributed by atoms with Crippen LogP contribution in [0.3, 0.4) is 0 Å². The zero-order chi connectivity index (χ0) is 25.4. The number of ether oxygens (including phenoxy) is 1. The maximum atomic E-state index is 12.1. The lowest BCUT2D eigenvalue weighted by Crippen LogP contribution is -2.29. The molecule has 0 unspecified atom stereocenters. The van der Waals surface area contributed by atoms with E-state index in [0.29, 0.717) is 37.0 Å². The molecule has 3 aromatic rings. The van der Waals surface area contributed by atoms with Gasteiger partial charge in [-0.1, -0.05) is 64.1 Å². The molecular formula is C24H18Cl5N3O3. The van der Waals surface area contributed by atoms with Crippen LogP contribution >= 0.6 is 58.0 Å². The van der Waals surface area contributed by atoms with Crippen molar-refractivity contribution in [1.82, 2.24) is 10.7 Å². The van der Waals surface area contributed by atoms with Crippen LogP contribution in [0.1, 0.15) is 27.9 Å². The zero-order valence-electron chi connectivity index (χ0n) is 18.0. The number of nitrogens with zero attached hydrogens (tertiary/aromatic N) is 1. The Morgan fingerprint density at radius 3 is 2.34 bits per heavy atom. The smallest absolute Gasteiger partial charge is 0.251 e. The van der Waals surface area contributed by atoms with Crippen LogP contribution in [0.15, 0.2) is 59.7 Å². The summed E-state index contributed by atoms with van der Waals surface area (Å²) < 4.78 is 5.85. The molecule has 11 heteroatoms. The predicted octanol–water partition coefficient (Wildman–Crippen LogP) is 6.80. The third kappa shape index (κ3) is 8.30. The van der Waals surface area contributed by atoms with Gasteiger partial charge in [-0.3, -0.25) is 9.59 Å². The van der Waals surface area contributed by atoms with E-state index in [0.717, 1.165) is 5.56 Å². The van der Waals surface area contributed by atoms with Gasteiger partial charge in [-0.15, -0.1) is 0 Å². The lowest BCUT2D eigenvalue weighted by Gasteiger charge is -2.11. The van der Waals surface area contributed by atoms with Crippen molar-refractivity contribution in [2.75, 3.05) is 6.54 Å². The number of hydrogen-bond donors (Lipinski definition) is 2. The molecule has 0 saturated carbocycles. The molecule has 0 aliphatic carbocycles. The maximum Gasteiger partial charge on any atom is 0.251 e. The molecule has 0 aliphatic heterocycles. The molecule has 0 fully saturated rings.